The van der Waals surface area contributed by atoms with E-state index in [1.54, 1.807) is 6.92 Å². The van der Waals surface area contributed by atoms with Crippen LogP contribution in [0.15, 0.2) is 24.3 Å². The molecule has 0 aromatic heterocycles. The van der Waals surface area contributed by atoms with Crippen LogP contribution in [0.2, 0.25) is 0 Å². The van der Waals surface area contributed by atoms with Crippen molar-refractivity contribution in [2.75, 3.05) is 6.61 Å². The molecule has 1 N–H and O–H groups in total. The lowest BCUT2D eigenvalue weighted by atomic mass is 10.2. The highest BCUT2D eigenvalue weighted by molar-refractivity contribution is 5.91. The van der Waals surface area contributed by atoms with Crippen molar-refractivity contribution in [3.8, 4) is 0 Å². The summed E-state index contributed by atoms with van der Waals surface area (Å²) in [6.45, 7) is 7.85. The molecule has 0 saturated carbocycles. The minimum Gasteiger partial charge on any atom is -0.273 e. The molecule has 0 aliphatic rings. The summed E-state index contributed by atoms with van der Waals surface area (Å²) in [6.07, 6.45) is 10.00. The van der Waals surface area contributed by atoms with E-state index in [1.807, 2.05) is 0 Å². The first-order valence-electron chi connectivity index (χ1n) is 5.91. The van der Waals surface area contributed by atoms with E-state index in [-0.39, 0.29) is 5.91 Å². The van der Waals surface area contributed by atoms with Crippen LogP contribution in [0.5, 0.6) is 0 Å². The number of allylic oxidation sites excluding steroid dienone is 1. The van der Waals surface area contributed by atoms with Gasteiger partial charge in [0.05, 0.1) is 6.61 Å². The van der Waals surface area contributed by atoms with E-state index < -0.39 is 0 Å². The van der Waals surface area contributed by atoms with Crippen LogP contribution in [-0.4, -0.2) is 12.5 Å². The zero-order valence-electron chi connectivity index (χ0n) is 10.4. The first kappa shape index (κ1) is 14.9. The number of rotatable bonds is 9. The smallest absolute Gasteiger partial charge is 0.269 e. The second-order valence-corrected chi connectivity index (χ2v) is 3.82. The zero-order chi connectivity index (χ0) is 12.2. The monoisotopic (exact) mass is 225 g/mol. The van der Waals surface area contributed by atoms with Crippen molar-refractivity contribution in [2.45, 2.75) is 46.0 Å². The second kappa shape index (κ2) is 10.4. The van der Waals surface area contributed by atoms with Gasteiger partial charge in [-0.25, -0.2) is 5.48 Å². The standard InChI is InChI=1S/C13H23NO2/c1-4-5-6-7-8-9-10-11-16-14-13(15)12(2)3/h8-9H,2,4-7,10-11H2,1,3H3,(H,14,15)/b9-8+. The molecule has 0 bridgehead atoms. The number of nitrogens with one attached hydrogen (secondary N) is 1. The summed E-state index contributed by atoms with van der Waals surface area (Å²) in [4.78, 5) is 16.0. The van der Waals surface area contributed by atoms with Gasteiger partial charge in [-0.15, -0.1) is 0 Å². The lowest BCUT2D eigenvalue weighted by molar-refractivity contribution is -0.129. The highest BCUT2D eigenvalue weighted by Gasteiger charge is 1.98. The van der Waals surface area contributed by atoms with Crippen LogP contribution in [0.25, 0.3) is 0 Å². The third-order valence-corrected chi connectivity index (χ3v) is 2.08. The van der Waals surface area contributed by atoms with Crippen molar-refractivity contribution in [1.29, 1.82) is 0 Å². The molecule has 3 nitrogen and oxygen atoms in total. The molecule has 0 heterocycles. The molecule has 0 aromatic rings. The van der Waals surface area contributed by atoms with E-state index in [1.165, 1.54) is 19.3 Å². The fourth-order valence-electron chi connectivity index (χ4n) is 1.08. The Morgan fingerprint density at radius 1 is 1.31 bits per heavy atom. The van der Waals surface area contributed by atoms with Gasteiger partial charge in [-0.2, -0.15) is 0 Å². The molecule has 0 unspecified atom stereocenters. The highest BCUT2D eigenvalue weighted by atomic mass is 16.6. The quantitative estimate of drug-likeness (QED) is 0.283. The van der Waals surface area contributed by atoms with Gasteiger partial charge in [0.1, 0.15) is 0 Å². The van der Waals surface area contributed by atoms with Crippen molar-refractivity contribution in [3.05, 3.63) is 24.3 Å². The van der Waals surface area contributed by atoms with Gasteiger partial charge in [0, 0.05) is 5.57 Å². The summed E-state index contributed by atoms with van der Waals surface area (Å²) in [5.41, 5.74) is 2.77. The number of carbonyl (C=O) groups is 1. The van der Waals surface area contributed by atoms with Crippen molar-refractivity contribution >= 4 is 5.91 Å². The predicted octanol–water partition coefficient (Wildman–Crippen LogP) is 3.14. The van der Waals surface area contributed by atoms with Gasteiger partial charge in [-0.1, -0.05) is 38.5 Å². The Balaban J connectivity index is 3.26. The van der Waals surface area contributed by atoms with Crippen molar-refractivity contribution in [1.82, 2.24) is 5.48 Å². The molecule has 0 aliphatic carbocycles. The van der Waals surface area contributed by atoms with Gasteiger partial charge in [0.25, 0.3) is 5.91 Å². The average Bonchev–Trinajstić information content (AvgIpc) is 2.26. The van der Waals surface area contributed by atoms with E-state index in [4.69, 9.17) is 4.84 Å². The maximum atomic E-state index is 11.0. The molecule has 0 rings (SSSR count). The van der Waals surface area contributed by atoms with E-state index in [9.17, 15) is 4.79 Å². The summed E-state index contributed by atoms with van der Waals surface area (Å²) in [5.74, 6) is -0.257. The molecule has 1 amide bonds. The predicted molar refractivity (Wildman–Crippen MR) is 66.8 cm³/mol. The number of carbonyl (C=O) groups excluding carboxylic acids is 1. The lowest BCUT2D eigenvalue weighted by Gasteiger charge is -2.03. The maximum Gasteiger partial charge on any atom is 0.269 e. The molecule has 0 aromatic carbocycles. The molecule has 0 fully saturated rings. The van der Waals surface area contributed by atoms with Gasteiger partial charge in [0.15, 0.2) is 0 Å². The first-order valence-corrected chi connectivity index (χ1v) is 5.91. The minimum absolute atomic E-state index is 0.257. The maximum absolute atomic E-state index is 11.0. The Hall–Kier alpha value is -1.09. The Morgan fingerprint density at radius 3 is 2.62 bits per heavy atom. The minimum atomic E-state index is -0.257. The van der Waals surface area contributed by atoms with Crippen molar-refractivity contribution < 1.29 is 9.63 Å². The number of hydrogen-bond acceptors (Lipinski definition) is 2. The fraction of sp³-hybridized carbons (Fsp3) is 0.615. The van der Waals surface area contributed by atoms with Crippen molar-refractivity contribution in [3.63, 3.8) is 0 Å². The Bertz CT molecular complexity index is 234. The van der Waals surface area contributed by atoms with Crippen LogP contribution < -0.4 is 5.48 Å². The van der Waals surface area contributed by atoms with Gasteiger partial charge < -0.3 is 0 Å². The van der Waals surface area contributed by atoms with Crippen LogP contribution in [0.3, 0.4) is 0 Å². The van der Waals surface area contributed by atoms with Crippen LogP contribution in [0, 0.1) is 0 Å². The first-order chi connectivity index (χ1) is 7.68. The Labute approximate surface area is 98.5 Å². The summed E-state index contributed by atoms with van der Waals surface area (Å²) in [6, 6.07) is 0. The molecular formula is C13H23NO2. The van der Waals surface area contributed by atoms with E-state index in [0.29, 0.717) is 12.2 Å². The largest absolute Gasteiger partial charge is 0.273 e. The van der Waals surface area contributed by atoms with Crippen LogP contribution in [0.4, 0.5) is 0 Å². The average molecular weight is 225 g/mol. The molecule has 16 heavy (non-hydrogen) atoms. The molecule has 3 heteroatoms. The van der Waals surface area contributed by atoms with Gasteiger partial charge in [-0.05, 0) is 26.2 Å². The lowest BCUT2D eigenvalue weighted by Crippen LogP contribution is -2.24. The SMILES string of the molecule is C=C(C)C(=O)NOCC/C=C/CCCCC. The summed E-state index contributed by atoms with van der Waals surface area (Å²) < 4.78 is 0. The number of hydroxylamine groups is 1. The van der Waals surface area contributed by atoms with E-state index in [0.717, 1.165) is 12.8 Å². The van der Waals surface area contributed by atoms with Crippen LogP contribution >= 0.6 is 0 Å². The highest BCUT2D eigenvalue weighted by Crippen LogP contribution is 2.00. The molecule has 0 saturated heterocycles. The molecular weight excluding hydrogens is 202 g/mol. The molecule has 0 atom stereocenters. The summed E-state index contributed by atoms with van der Waals surface area (Å²) >= 11 is 0. The number of hydrogen-bond donors (Lipinski definition) is 1. The van der Waals surface area contributed by atoms with Crippen LogP contribution in [-0.2, 0) is 9.63 Å². The van der Waals surface area contributed by atoms with Gasteiger partial charge >= 0.3 is 0 Å². The third kappa shape index (κ3) is 9.46. The number of amides is 1. The topological polar surface area (TPSA) is 38.3 Å². The zero-order valence-corrected chi connectivity index (χ0v) is 10.4. The third-order valence-electron chi connectivity index (χ3n) is 2.08. The molecule has 92 valence electrons. The number of unbranched alkanes of at least 4 members (excludes halogenated alkanes) is 3. The fourth-order valence-corrected chi connectivity index (χ4v) is 1.08. The Morgan fingerprint density at radius 2 is 2.00 bits per heavy atom. The molecule has 0 radical (unpaired) electrons. The second-order valence-electron chi connectivity index (χ2n) is 3.82. The van der Waals surface area contributed by atoms with Crippen LogP contribution in [0.1, 0.15) is 46.0 Å². The molecule has 0 aliphatic heterocycles. The van der Waals surface area contributed by atoms with Gasteiger partial charge in [0.2, 0.25) is 0 Å². The van der Waals surface area contributed by atoms with E-state index in [2.05, 4.69) is 31.1 Å². The van der Waals surface area contributed by atoms with Gasteiger partial charge in [-0.3, -0.25) is 9.63 Å². The van der Waals surface area contributed by atoms with E-state index >= 15 is 0 Å². The Kier molecular flexibility index (Phi) is 9.72. The normalized spacial score (nSPS) is 10.6. The van der Waals surface area contributed by atoms with Crippen molar-refractivity contribution in [2.24, 2.45) is 0 Å². The molecule has 0 spiro atoms. The summed E-state index contributed by atoms with van der Waals surface area (Å²) in [7, 11) is 0. The summed E-state index contributed by atoms with van der Waals surface area (Å²) in [5, 5.41) is 0.